The first kappa shape index (κ1) is 16.5. The highest BCUT2D eigenvalue weighted by atomic mass is 16.3. The summed E-state index contributed by atoms with van der Waals surface area (Å²) in [4.78, 5) is 28.9. The minimum Gasteiger partial charge on any atom is -0.459 e. The zero-order valence-corrected chi connectivity index (χ0v) is 13.5. The van der Waals surface area contributed by atoms with Crippen LogP contribution in [0.2, 0.25) is 0 Å². The summed E-state index contributed by atoms with van der Waals surface area (Å²) >= 11 is 0. The summed E-state index contributed by atoms with van der Waals surface area (Å²) in [5.74, 6) is 0.220. The van der Waals surface area contributed by atoms with Gasteiger partial charge in [-0.15, -0.1) is 0 Å². The second-order valence-corrected chi connectivity index (χ2v) is 6.26. The number of amides is 2. The van der Waals surface area contributed by atoms with Gasteiger partial charge in [0.25, 0.3) is 5.91 Å². The number of nitrogens with zero attached hydrogens (tertiary/aromatic N) is 2. The molecular formula is C16H25N3O3. The van der Waals surface area contributed by atoms with Crippen LogP contribution in [0.3, 0.4) is 0 Å². The quantitative estimate of drug-likeness (QED) is 0.887. The average Bonchev–Trinajstić information content (AvgIpc) is 3.00. The van der Waals surface area contributed by atoms with Gasteiger partial charge in [-0.25, -0.2) is 0 Å². The molecule has 1 saturated heterocycles. The lowest BCUT2D eigenvalue weighted by Crippen LogP contribution is -2.54. The molecule has 22 heavy (non-hydrogen) atoms. The fourth-order valence-corrected chi connectivity index (χ4v) is 2.58. The van der Waals surface area contributed by atoms with Crippen LogP contribution in [0.5, 0.6) is 0 Å². The average molecular weight is 307 g/mol. The van der Waals surface area contributed by atoms with Gasteiger partial charge < -0.3 is 19.5 Å². The first-order valence-electron chi connectivity index (χ1n) is 7.79. The van der Waals surface area contributed by atoms with Gasteiger partial charge in [0.2, 0.25) is 5.91 Å². The zero-order valence-electron chi connectivity index (χ0n) is 13.5. The summed E-state index contributed by atoms with van der Waals surface area (Å²) in [5.41, 5.74) is 0. The number of rotatable bonds is 5. The van der Waals surface area contributed by atoms with Crippen LogP contribution in [0, 0.1) is 5.92 Å². The molecule has 1 aliphatic rings. The van der Waals surface area contributed by atoms with Crippen molar-refractivity contribution in [3.8, 4) is 0 Å². The van der Waals surface area contributed by atoms with Gasteiger partial charge in [-0.3, -0.25) is 9.59 Å². The van der Waals surface area contributed by atoms with Crippen LogP contribution in [-0.4, -0.2) is 60.9 Å². The molecular weight excluding hydrogens is 282 g/mol. The van der Waals surface area contributed by atoms with Crippen molar-refractivity contribution in [1.82, 2.24) is 15.1 Å². The van der Waals surface area contributed by atoms with E-state index >= 15 is 0 Å². The second-order valence-electron chi connectivity index (χ2n) is 6.26. The number of carbonyl (C=O) groups excluding carboxylic acids is 2. The molecule has 0 spiro atoms. The van der Waals surface area contributed by atoms with Crippen molar-refractivity contribution in [2.45, 2.75) is 26.3 Å². The standard InChI is InChI=1S/C16H25N3O3/c1-12(2)11-13(17-15(20)14-5-4-10-22-14)16(21)19-8-6-18(3)7-9-19/h4-5,10,12-13H,6-9,11H2,1-3H3,(H,17,20)/t13-/m0/s1. The predicted octanol–water partition coefficient (Wildman–Crippen LogP) is 1.20. The van der Waals surface area contributed by atoms with Gasteiger partial charge in [0.05, 0.1) is 6.26 Å². The Kier molecular flexibility index (Phi) is 5.60. The summed E-state index contributed by atoms with van der Waals surface area (Å²) in [6.07, 6.45) is 2.08. The normalized spacial score (nSPS) is 17.5. The van der Waals surface area contributed by atoms with E-state index < -0.39 is 6.04 Å². The minimum absolute atomic E-state index is 0.00158. The van der Waals surface area contributed by atoms with E-state index in [4.69, 9.17) is 4.42 Å². The van der Waals surface area contributed by atoms with Crippen LogP contribution in [0.1, 0.15) is 30.8 Å². The molecule has 0 radical (unpaired) electrons. The van der Waals surface area contributed by atoms with E-state index in [1.54, 1.807) is 12.1 Å². The maximum atomic E-state index is 12.7. The summed E-state index contributed by atoms with van der Waals surface area (Å²) in [5, 5.41) is 2.82. The van der Waals surface area contributed by atoms with Crippen molar-refractivity contribution in [2.75, 3.05) is 33.2 Å². The van der Waals surface area contributed by atoms with Gasteiger partial charge in [-0.05, 0) is 31.5 Å². The number of carbonyl (C=O) groups is 2. The topological polar surface area (TPSA) is 65.8 Å². The van der Waals surface area contributed by atoms with E-state index in [9.17, 15) is 9.59 Å². The van der Waals surface area contributed by atoms with Crippen LogP contribution in [0.15, 0.2) is 22.8 Å². The van der Waals surface area contributed by atoms with Crippen LogP contribution in [-0.2, 0) is 4.79 Å². The summed E-state index contributed by atoms with van der Waals surface area (Å²) in [6.45, 7) is 7.24. The molecule has 1 fully saturated rings. The summed E-state index contributed by atoms with van der Waals surface area (Å²) in [6, 6.07) is 2.76. The Hall–Kier alpha value is -1.82. The van der Waals surface area contributed by atoms with Gasteiger partial charge in [0.15, 0.2) is 5.76 Å². The molecule has 1 aromatic rings. The molecule has 6 nitrogen and oxygen atoms in total. The molecule has 0 unspecified atom stereocenters. The van der Waals surface area contributed by atoms with E-state index in [2.05, 4.69) is 10.2 Å². The Balaban J connectivity index is 2.01. The highest BCUT2D eigenvalue weighted by molar-refractivity contribution is 5.95. The van der Waals surface area contributed by atoms with Gasteiger partial charge in [-0.2, -0.15) is 0 Å². The molecule has 2 amide bonds. The lowest BCUT2D eigenvalue weighted by atomic mass is 10.0. The van der Waals surface area contributed by atoms with Crippen LogP contribution in [0.25, 0.3) is 0 Å². The second kappa shape index (κ2) is 7.45. The maximum Gasteiger partial charge on any atom is 0.287 e. The minimum atomic E-state index is -0.499. The molecule has 1 N–H and O–H groups in total. The third kappa shape index (κ3) is 4.34. The Morgan fingerprint density at radius 2 is 1.95 bits per heavy atom. The number of likely N-dealkylation sites (N-methyl/N-ethyl adjacent to an activating group) is 1. The highest BCUT2D eigenvalue weighted by Gasteiger charge is 2.29. The molecule has 6 heteroatoms. The predicted molar refractivity (Wildman–Crippen MR) is 83.5 cm³/mol. The Morgan fingerprint density at radius 1 is 1.27 bits per heavy atom. The van der Waals surface area contributed by atoms with E-state index in [0.717, 1.165) is 13.1 Å². The third-order valence-corrected chi connectivity index (χ3v) is 3.87. The smallest absolute Gasteiger partial charge is 0.287 e. The van der Waals surface area contributed by atoms with Crippen molar-refractivity contribution in [1.29, 1.82) is 0 Å². The summed E-state index contributed by atoms with van der Waals surface area (Å²) < 4.78 is 5.10. The lowest BCUT2D eigenvalue weighted by Gasteiger charge is -2.35. The Bertz CT molecular complexity index is 491. The molecule has 0 aromatic carbocycles. The largest absolute Gasteiger partial charge is 0.459 e. The van der Waals surface area contributed by atoms with Crippen molar-refractivity contribution >= 4 is 11.8 Å². The highest BCUT2D eigenvalue weighted by Crippen LogP contribution is 2.11. The third-order valence-electron chi connectivity index (χ3n) is 3.87. The Labute approximate surface area is 131 Å². The summed E-state index contributed by atoms with van der Waals surface area (Å²) in [7, 11) is 2.05. The van der Waals surface area contributed by atoms with E-state index in [1.165, 1.54) is 6.26 Å². The van der Waals surface area contributed by atoms with Crippen molar-refractivity contribution in [3.63, 3.8) is 0 Å². The first-order valence-corrected chi connectivity index (χ1v) is 7.79. The zero-order chi connectivity index (χ0) is 16.1. The molecule has 0 aliphatic carbocycles. The fourth-order valence-electron chi connectivity index (χ4n) is 2.58. The van der Waals surface area contributed by atoms with E-state index in [0.29, 0.717) is 25.4 Å². The van der Waals surface area contributed by atoms with Crippen LogP contribution < -0.4 is 5.32 Å². The fraction of sp³-hybridized carbons (Fsp3) is 0.625. The maximum absolute atomic E-state index is 12.7. The molecule has 0 saturated carbocycles. The molecule has 2 rings (SSSR count). The molecule has 1 aromatic heterocycles. The van der Waals surface area contributed by atoms with Crippen molar-refractivity contribution in [3.05, 3.63) is 24.2 Å². The van der Waals surface area contributed by atoms with Crippen LogP contribution >= 0.6 is 0 Å². The van der Waals surface area contributed by atoms with Gasteiger partial charge in [0.1, 0.15) is 6.04 Å². The lowest BCUT2D eigenvalue weighted by molar-refractivity contribution is -0.135. The van der Waals surface area contributed by atoms with E-state index in [-0.39, 0.29) is 17.6 Å². The molecule has 122 valence electrons. The van der Waals surface area contributed by atoms with Gasteiger partial charge in [0, 0.05) is 26.2 Å². The van der Waals surface area contributed by atoms with Crippen molar-refractivity contribution in [2.24, 2.45) is 5.92 Å². The molecule has 0 bridgehead atoms. The van der Waals surface area contributed by atoms with Crippen LogP contribution in [0.4, 0.5) is 0 Å². The molecule has 2 heterocycles. The number of piperazine rings is 1. The number of furan rings is 1. The number of hydrogen-bond donors (Lipinski definition) is 1. The molecule has 1 aliphatic heterocycles. The molecule has 1 atom stereocenters. The number of nitrogens with one attached hydrogen (secondary N) is 1. The monoisotopic (exact) mass is 307 g/mol. The van der Waals surface area contributed by atoms with Gasteiger partial charge in [-0.1, -0.05) is 13.8 Å². The SMILES string of the molecule is CC(C)C[C@H](NC(=O)c1ccco1)C(=O)N1CCN(C)CC1. The van der Waals surface area contributed by atoms with Gasteiger partial charge >= 0.3 is 0 Å². The Morgan fingerprint density at radius 3 is 2.50 bits per heavy atom. The first-order chi connectivity index (χ1) is 10.5. The van der Waals surface area contributed by atoms with E-state index in [1.807, 2.05) is 25.8 Å². The number of hydrogen-bond acceptors (Lipinski definition) is 4. The van der Waals surface area contributed by atoms with Crippen molar-refractivity contribution < 1.29 is 14.0 Å².